The molecule has 2 saturated heterocycles. The van der Waals surface area contributed by atoms with E-state index < -0.39 is 4.92 Å². The third kappa shape index (κ3) is 4.84. The minimum atomic E-state index is -0.415. The fourth-order valence-corrected chi connectivity index (χ4v) is 5.28. The maximum Gasteiger partial charge on any atom is 0.285 e. The molecule has 2 aliphatic rings. The van der Waals surface area contributed by atoms with Crippen LogP contribution in [-0.4, -0.2) is 31.5 Å². The van der Waals surface area contributed by atoms with Crippen LogP contribution < -0.4 is 15.4 Å². The Hall–Kier alpha value is -4.26. The number of nitro groups is 1. The van der Waals surface area contributed by atoms with E-state index in [1.807, 2.05) is 18.2 Å². The van der Waals surface area contributed by atoms with Gasteiger partial charge in [-0.25, -0.2) is 9.97 Å². The number of hydrogen-bond donors (Lipinski definition) is 2. The Morgan fingerprint density at radius 3 is 2.74 bits per heavy atom. The molecular formula is C28H23ClN6O3. The van der Waals surface area contributed by atoms with Crippen molar-refractivity contribution < 1.29 is 9.66 Å². The minimum Gasteiger partial charge on any atom is -0.486 e. The summed E-state index contributed by atoms with van der Waals surface area (Å²) in [6, 6.07) is 14.5. The predicted molar refractivity (Wildman–Crippen MR) is 144 cm³/mol. The molecule has 2 fully saturated rings. The van der Waals surface area contributed by atoms with E-state index in [0.29, 0.717) is 44.8 Å². The van der Waals surface area contributed by atoms with Crippen molar-refractivity contribution in [3.05, 3.63) is 87.4 Å². The van der Waals surface area contributed by atoms with E-state index >= 15 is 0 Å². The molecule has 0 radical (unpaired) electrons. The van der Waals surface area contributed by atoms with Gasteiger partial charge in [0, 0.05) is 29.4 Å². The van der Waals surface area contributed by atoms with Gasteiger partial charge in [-0.15, -0.1) is 0 Å². The highest BCUT2D eigenvalue weighted by Crippen LogP contribution is 2.37. The van der Waals surface area contributed by atoms with Crippen molar-refractivity contribution in [2.24, 2.45) is 0 Å². The number of pyridine rings is 1. The average molecular weight is 527 g/mol. The van der Waals surface area contributed by atoms with Crippen molar-refractivity contribution in [1.29, 1.82) is 0 Å². The second-order valence-corrected chi connectivity index (χ2v) is 9.90. The van der Waals surface area contributed by atoms with Crippen LogP contribution in [0.2, 0.25) is 5.02 Å². The summed E-state index contributed by atoms with van der Waals surface area (Å²) in [5.41, 5.74) is 2.02. The summed E-state index contributed by atoms with van der Waals surface area (Å²) >= 11 is 6.45. The smallest absolute Gasteiger partial charge is 0.285 e. The molecular weight excluding hydrogens is 504 g/mol. The van der Waals surface area contributed by atoms with Gasteiger partial charge < -0.3 is 10.1 Å². The molecule has 0 amide bonds. The number of rotatable bonds is 6. The van der Waals surface area contributed by atoms with E-state index in [0.717, 1.165) is 31.4 Å². The zero-order chi connectivity index (χ0) is 26.1. The van der Waals surface area contributed by atoms with E-state index in [1.165, 1.54) is 12.4 Å². The molecule has 0 saturated carbocycles. The van der Waals surface area contributed by atoms with E-state index in [2.05, 4.69) is 37.4 Å². The van der Waals surface area contributed by atoms with Gasteiger partial charge in [-0.05, 0) is 62.1 Å². The van der Waals surface area contributed by atoms with Gasteiger partial charge in [-0.2, -0.15) is 0 Å². The summed E-state index contributed by atoms with van der Waals surface area (Å²) in [5.74, 6) is 7.31. The molecule has 190 valence electrons. The quantitative estimate of drug-likeness (QED) is 0.191. The average Bonchev–Trinajstić information content (AvgIpc) is 3.53. The molecule has 2 bridgehead atoms. The molecule has 38 heavy (non-hydrogen) atoms. The Bertz CT molecular complexity index is 1590. The first kappa shape index (κ1) is 24.1. The number of halogens is 1. The monoisotopic (exact) mass is 526 g/mol. The number of fused-ring (bicyclic) bond motifs is 3. The standard InChI is InChI=1S/C28H23ClN6O3/c29-23-14-20(4-5-26(23)38-16-21-3-1-2-12-30-21)33-27-22-15-25(35(36)37)18(13-24(22)31-17-32-27)6-9-28-10-7-19(34-28)8-11-28/h1-5,12-15,17,19,34H,7-8,10-11,16H2,(H,31,32,33). The van der Waals surface area contributed by atoms with Crippen molar-refractivity contribution in [3.63, 3.8) is 0 Å². The van der Waals surface area contributed by atoms with Gasteiger partial charge in [0.25, 0.3) is 5.69 Å². The van der Waals surface area contributed by atoms with Crippen LogP contribution in [0.3, 0.4) is 0 Å². The molecule has 2 aromatic heterocycles. The van der Waals surface area contributed by atoms with Gasteiger partial charge >= 0.3 is 0 Å². The Labute approximate surface area is 223 Å². The number of nitrogens with one attached hydrogen (secondary N) is 2. The maximum absolute atomic E-state index is 12.0. The molecule has 6 rings (SSSR count). The zero-order valence-electron chi connectivity index (χ0n) is 20.3. The number of anilines is 2. The van der Waals surface area contributed by atoms with Gasteiger partial charge in [0.1, 0.15) is 30.1 Å². The Morgan fingerprint density at radius 1 is 1.16 bits per heavy atom. The lowest BCUT2D eigenvalue weighted by Gasteiger charge is -2.18. The second kappa shape index (κ2) is 9.89. The van der Waals surface area contributed by atoms with E-state index in [9.17, 15) is 10.1 Å². The fraction of sp³-hybridized carbons (Fsp3) is 0.250. The molecule has 2 aliphatic heterocycles. The topological polar surface area (TPSA) is 115 Å². The number of nitrogens with zero attached hydrogens (tertiary/aromatic N) is 4. The molecule has 0 spiro atoms. The summed E-state index contributed by atoms with van der Waals surface area (Å²) in [5, 5.41) is 19.6. The molecule has 2 aromatic carbocycles. The number of hydrogen-bond acceptors (Lipinski definition) is 8. The molecule has 0 unspecified atom stereocenters. The largest absolute Gasteiger partial charge is 0.486 e. The lowest BCUT2D eigenvalue weighted by Crippen LogP contribution is -2.34. The summed E-state index contributed by atoms with van der Waals surface area (Å²) in [4.78, 5) is 24.5. The van der Waals surface area contributed by atoms with Crippen molar-refractivity contribution >= 4 is 39.7 Å². The van der Waals surface area contributed by atoms with Crippen LogP contribution in [0.25, 0.3) is 10.9 Å². The lowest BCUT2D eigenvalue weighted by atomic mass is 9.88. The SMILES string of the molecule is O=[N+]([O-])c1cc2c(Nc3ccc(OCc4ccccn4)c(Cl)c3)ncnc2cc1C#CC12CCC(CC1)N2. The first-order valence-corrected chi connectivity index (χ1v) is 12.7. The first-order chi connectivity index (χ1) is 18.5. The van der Waals surface area contributed by atoms with Crippen LogP contribution in [-0.2, 0) is 6.61 Å². The first-order valence-electron chi connectivity index (χ1n) is 12.3. The molecule has 4 heterocycles. The highest BCUT2D eigenvalue weighted by Gasteiger charge is 2.43. The van der Waals surface area contributed by atoms with Gasteiger partial charge in [0.05, 0.1) is 26.7 Å². The second-order valence-electron chi connectivity index (χ2n) is 9.50. The molecule has 0 aliphatic carbocycles. The Morgan fingerprint density at radius 2 is 2.03 bits per heavy atom. The van der Waals surface area contributed by atoms with Crippen LogP contribution in [0.5, 0.6) is 5.75 Å². The molecule has 10 heteroatoms. The zero-order valence-corrected chi connectivity index (χ0v) is 21.0. The van der Waals surface area contributed by atoms with Gasteiger partial charge in [0.15, 0.2) is 0 Å². The predicted octanol–water partition coefficient (Wildman–Crippen LogP) is 5.55. The van der Waals surface area contributed by atoms with Gasteiger partial charge in [-0.1, -0.05) is 29.5 Å². The van der Waals surface area contributed by atoms with Crippen LogP contribution in [0.15, 0.2) is 61.1 Å². The number of ether oxygens (including phenoxy) is 1. The highest BCUT2D eigenvalue weighted by molar-refractivity contribution is 6.32. The van der Waals surface area contributed by atoms with Crippen molar-refractivity contribution in [2.75, 3.05) is 5.32 Å². The van der Waals surface area contributed by atoms with E-state index in [1.54, 1.807) is 30.5 Å². The number of nitro benzene ring substituents is 1. The van der Waals surface area contributed by atoms with Crippen LogP contribution in [0, 0.1) is 22.0 Å². The molecule has 9 nitrogen and oxygen atoms in total. The lowest BCUT2D eigenvalue weighted by molar-refractivity contribution is -0.385. The molecule has 2 N–H and O–H groups in total. The van der Waals surface area contributed by atoms with Crippen molar-refractivity contribution in [1.82, 2.24) is 20.3 Å². The maximum atomic E-state index is 12.0. The van der Waals surface area contributed by atoms with E-state index in [4.69, 9.17) is 16.3 Å². The normalized spacial score (nSPS) is 19.7. The summed E-state index contributed by atoms with van der Waals surface area (Å²) in [6.45, 7) is 0.288. The van der Waals surface area contributed by atoms with Crippen LogP contribution in [0.1, 0.15) is 36.9 Å². The number of benzene rings is 2. The van der Waals surface area contributed by atoms with Crippen LogP contribution in [0.4, 0.5) is 17.2 Å². The van der Waals surface area contributed by atoms with Gasteiger partial charge in [0.2, 0.25) is 0 Å². The Balaban J connectivity index is 1.27. The summed E-state index contributed by atoms with van der Waals surface area (Å²) in [7, 11) is 0. The third-order valence-corrected chi connectivity index (χ3v) is 7.30. The summed E-state index contributed by atoms with van der Waals surface area (Å²) in [6.07, 6.45) is 7.25. The Kier molecular flexibility index (Phi) is 6.27. The third-order valence-electron chi connectivity index (χ3n) is 7.00. The minimum absolute atomic E-state index is 0.0805. The molecule has 0 atom stereocenters. The van der Waals surface area contributed by atoms with Crippen molar-refractivity contribution in [3.8, 4) is 17.6 Å². The van der Waals surface area contributed by atoms with Crippen molar-refractivity contribution in [2.45, 2.75) is 43.9 Å². The van der Waals surface area contributed by atoms with Crippen LogP contribution >= 0.6 is 11.6 Å². The van der Waals surface area contributed by atoms with E-state index in [-0.39, 0.29) is 17.8 Å². The summed E-state index contributed by atoms with van der Waals surface area (Å²) < 4.78 is 5.79. The molecule has 4 aromatic rings. The highest BCUT2D eigenvalue weighted by atomic mass is 35.5. The number of aromatic nitrogens is 3. The van der Waals surface area contributed by atoms with Gasteiger partial charge in [-0.3, -0.25) is 20.4 Å². The fourth-order valence-electron chi connectivity index (χ4n) is 5.05.